The fourth-order valence-electron chi connectivity index (χ4n) is 3.36. The van der Waals surface area contributed by atoms with Gasteiger partial charge in [-0.15, -0.1) is 0 Å². The number of anilines is 1. The van der Waals surface area contributed by atoms with E-state index in [0.29, 0.717) is 37.8 Å². The average molecular weight is 339 g/mol. The molecule has 2 aliphatic rings. The van der Waals surface area contributed by atoms with Gasteiger partial charge < -0.3 is 15.0 Å². The number of hydrogen-bond donors (Lipinski definition) is 1. The van der Waals surface area contributed by atoms with Crippen LogP contribution in [-0.4, -0.2) is 51.9 Å². The molecule has 0 bridgehead atoms. The molecule has 2 aliphatic heterocycles. The molecule has 4 rings (SSSR count). The number of amides is 1. The summed E-state index contributed by atoms with van der Waals surface area (Å²) in [5, 5.41) is 7.57. The average Bonchev–Trinajstić information content (AvgIpc) is 3.09. The summed E-state index contributed by atoms with van der Waals surface area (Å²) < 4.78 is 7.16. The van der Waals surface area contributed by atoms with Gasteiger partial charge in [0.25, 0.3) is 5.91 Å². The number of morpholine rings is 1. The molecule has 7 heteroatoms. The Morgan fingerprint density at radius 1 is 1.20 bits per heavy atom. The zero-order chi connectivity index (χ0) is 17.4. The Hall–Kier alpha value is -2.67. The van der Waals surface area contributed by atoms with Gasteiger partial charge in [0, 0.05) is 18.8 Å². The first kappa shape index (κ1) is 15.8. The van der Waals surface area contributed by atoms with E-state index in [1.807, 2.05) is 18.7 Å². The van der Waals surface area contributed by atoms with Gasteiger partial charge in [0.1, 0.15) is 12.4 Å². The molecule has 7 nitrogen and oxygen atoms in total. The van der Waals surface area contributed by atoms with Crippen molar-refractivity contribution < 1.29 is 9.53 Å². The van der Waals surface area contributed by atoms with Crippen molar-refractivity contribution in [3.8, 4) is 0 Å². The number of allylic oxidation sites excluding steroid dienone is 1. The third kappa shape index (κ3) is 2.80. The van der Waals surface area contributed by atoms with Gasteiger partial charge in [0.2, 0.25) is 5.95 Å². The lowest BCUT2D eigenvalue weighted by Gasteiger charge is -2.33. The molecule has 1 atom stereocenters. The zero-order valence-electron chi connectivity index (χ0n) is 14.4. The minimum absolute atomic E-state index is 0.0278. The number of aryl methyl sites for hydroxylation is 1. The van der Waals surface area contributed by atoms with E-state index in [-0.39, 0.29) is 11.9 Å². The van der Waals surface area contributed by atoms with Crippen LogP contribution in [-0.2, 0) is 9.53 Å². The maximum absolute atomic E-state index is 13.3. The highest BCUT2D eigenvalue weighted by atomic mass is 16.5. The molecule has 0 radical (unpaired) electrons. The van der Waals surface area contributed by atoms with Crippen molar-refractivity contribution in [2.75, 3.05) is 31.6 Å². The van der Waals surface area contributed by atoms with Gasteiger partial charge in [-0.25, -0.2) is 4.68 Å². The van der Waals surface area contributed by atoms with Crippen molar-refractivity contribution in [2.45, 2.75) is 19.9 Å². The van der Waals surface area contributed by atoms with Crippen molar-refractivity contribution in [2.24, 2.45) is 0 Å². The lowest BCUT2D eigenvalue weighted by Crippen LogP contribution is -2.44. The predicted octanol–water partition coefficient (Wildman–Crippen LogP) is 1.73. The molecule has 0 unspecified atom stereocenters. The second kappa shape index (κ2) is 6.33. The van der Waals surface area contributed by atoms with Crippen LogP contribution in [0.4, 0.5) is 5.95 Å². The number of fused-ring (bicyclic) bond motifs is 1. The van der Waals surface area contributed by atoms with E-state index in [1.165, 1.54) is 11.9 Å². The Bertz CT molecular complexity index is 818. The van der Waals surface area contributed by atoms with Crippen molar-refractivity contribution in [3.63, 3.8) is 0 Å². The molecule has 3 heterocycles. The Morgan fingerprint density at radius 2 is 1.92 bits per heavy atom. The van der Waals surface area contributed by atoms with E-state index < -0.39 is 0 Å². The van der Waals surface area contributed by atoms with Crippen LogP contribution in [0.15, 0.2) is 41.9 Å². The number of nitrogens with one attached hydrogen (secondary N) is 1. The van der Waals surface area contributed by atoms with E-state index in [0.717, 1.165) is 11.3 Å². The quantitative estimate of drug-likeness (QED) is 0.902. The van der Waals surface area contributed by atoms with Crippen LogP contribution < -0.4 is 5.32 Å². The second-order valence-electron chi connectivity index (χ2n) is 6.41. The van der Waals surface area contributed by atoms with E-state index in [4.69, 9.17) is 4.74 Å². The van der Waals surface area contributed by atoms with Gasteiger partial charge in [-0.05, 0) is 19.4 Å². The number of carbonyl (C=O) groups excluding carboxylic acids is 1. The fourth-order valence-corrected chi connectivity index (χ4v) is 3.36. The molecule has 0 spiro atoms. The molecule has 1 N–H and O–H groups in total. The van der Waals surface area contributed by atoms with E-state index in [9.17, 15) is 4.79 Å². The summed E-state index contributed by atoms with van der Waals surface area (Å²) >= 11 is 0. The van der Waals surface area contributed by atoms with E-state index in [2.05, 4.69) is 39.7 Å². The predicted molar refractivity (Wildman–Crippen MR) is 93.1 cm³/mol. The van der Waals surface area contributed by atoms with Crippen molar-refractivity contribution in [1.29, 1.82) is 0 Å². The molecule has 1 aromatic heterocycles. The van der Waals surface area contributed by atoms with Crippen molar-refractivity contribution in [3.05, 3.63) is 53.0 Å². The number of hydrogen-bond acceptors (Lipinski definition) is 5. The van der Waals surface area contributed by atoms with Gasteiger partial charge in [-0.1, -0.05) is 29.8 Å². The third-order valence-corrected chi connectivity index (χ3v) is 4.72. The summed E-state index contributed by atoms with van der Waals surface area (Å²) in [5.41, 5.74) is 3.74. The van der Waals surface area contributed by atoms with Gasteiger partial charge in [-0.3, -0.25) is 4.79 Å². The summed E-state index contributed by atoms with van der Waals surface area (Å²) in [6.45, 7) is 6.35. The molecule has 0 saturated carbocycles. The maximum Gasteiger partial charge on any atom is 0.254 e. The minimum atomic E-state index is -0.283. The molecular weight excluding hydrogens is 318 g/mol. The SMILES string of the molecule is CC1=C(C(=O)N2CCOCC2)[C@@H](c2ccc(C)cc2)n2ncnc2N1. The maximum atomic E-state index is 13.3. The number of ether oxygens (including phenoxy) is 1. The topological polar surface area (TPSA) is 72.3 Å². The van der Waals surface area contributed by atoms with Crippen LogP contribution in [0.1, 0.15) is 24.1 Å². The molecule has 130 valence electrons. The number of carbonyl (C=O) groups is 1. The molecule has 1 fully saturated rings. The van der Waals surface area contributed by atoms with Crippen LogP contribution in [0, 0.1) is 6.92 Å². The van der Waals surface area contributed by atoms with Crippen LogP contribution in [0.25, 0.3) is 0 Å². The third-order valence-electron chi connectivity index (χ3n) is 4.72. The number of aromatic nitrogens is 3. The standard InChI is InChI=1S/C18H21N5O2/c1-12-3-5-14(6-4-12)16-15(17(24)22-7-9-25-10-8-22)13(2)21-18-19-11-20-23(16)18/h3-6,11,16H,7-10H2,1-2H3,(H,19,20,21)/t16-/m1/s1. The summed E-state index contributed by atoms with van der Waals surface area (Å²) in [6, 6.07) is 7.93. The van der Waals surface area contributed by atoms with Gasteiger partial charge in [-0.2, -0.15) is 10.1 Å². The molecule has 0 aliphatic carbocycles. The Kier molecular flexibility index (Phi) is 4.01. The molecule has 1 saturated heterocycles. The highest BCUT2D eigenvalue weighted by Gasteiger charge is 2.35. The summed E-state index contributed by atoms with van der Waals surface area (Å²) in [4.78, 5) is 19.4. The molecule has 1 aromatic carbocycles. The first-order valence-electron chi connectivity index (χ1n) is 8.46. The molecule has 1 amide bonds. The first-order valence-corrected chi connectivity index (χ1v) is 8.46. The summed E-state index contributed by atoms with van der Waals surface area (Å²) in [5.74, 6) is 0.682. The monoisotopic (exact) mass is 339 g/mol. The van der Waals surface area contributed by atoms with Gasteiger partial charge >= 0.3 is 0 Å². The highest BCUT2D eigenvalue weighted by molar-refractivity contribution is 5.96. The summed E-state index contributed by atoms with van der Waals surface area (Å²) in [7, 11) is 0. The molecule has 25 heavy (non-hydrogen) atoms. The van der Waals surface area contributed by atoms with Crippen molar-refractivity contribution in [1.82, 2.24) is 19.7 Å². The largest absolute Gasteiger partial charge is 0.378 e. The lowest BCUT2D eigenvalue weighted by atomic mass is 9.94. The van der Waals surface area contributed by atoms with Crippen LogP contribution in [0.3, 0.4) is 0 Å². The normalized spacial score (nSPS) is 20.2. The number of rotatable bonds is 2. The number of nitrogens with zero attached hydrogens (tertiary/aromatic N) is 4. The smallest absolute Gasteiger partial charge is 0.254 e. The van der Waals surface area contributed by atoms with E-state index >= 15 is 0 Å². The number of benzene rings is 1. The van der Waals surface area contributed by atoms with Crippen molar-refractivity contribution >= 4 is 11.9 Å². The molecular formula is C18H21N5O2. The fraction of sp³-hybridized carbons (Fsp3) is 0.389. The zero-order valence-corrected chi connectivity index (χ0v) is 14.4. The second-order valence-corrected chi connectivity index (χ2v) is 6.41. The lowest BCUT2D eigenvalue weighted by molar-refractivity contribution is -0.131. The van der Waals surface area contributed by atoms with E-state index in [1.54, 1.807) is 4.68 Å². The van der Waals surface area contributed by atoms with Crippen LogP contribution >= 0.6 is 0 Å². The Morgan fingerprint density at radius 3 is 2.64 bits per heavy atom. The first-order chi connectivity index (χ1) is 12.1. The van der Waals surface area contributed by atoms with Crippen LogP contribution in [0.5, 0.6) is 0 Å². The van der Waals surface area contributed by atoms with Gasteiger partial charge in [0.15, 0.2) is 0 Å². The van der Waals surface area contributed by atoms with Gasteiger partial charge in [0.05, 0.1) is 18.8 Å². The minimum Gasteiger partial charge on any atom is -0.378 e. The Balaban J connectivity index is 1.78. The summed E-state index contributed by atoms with van der Waals surface area (Å²) in [6.07, 6.45) is 1.51. The highest BCUT2D eigenvalue weighted by Crippen LogP contribution is 2.35. The Labute approximate surface area is 146 Å². The molecule has 2 aromatic rings. The van der Waals surface area contributed by atoms with Crippen LogP contribution in [0.2, 0.25) is 0 Å².